The molecule has 8 heteroatoms. The van der Waals surface area contributed by atoms with Gasteiger partial charge in [0.15, 0.2) is 0 Å². The van der Waals surface area contributed by atoms with Gasteiger partial charge < -0.3 is 4.74 Å². The number of rotatable bonds is 7. The van der Waals surface area contributed by atoms with Crippen molar-refractivity contribution in [2.24, 2.45) is 0 Å². The maximum absolute atomic E-state index is 11.8. The summed E-state index contributed by atoms with van der Waals surface area (Å²) in [6.07, 6.45) is -0.627. The van der Waals surface area contributed by atoms with Crippen LogP contribution >= 0.6 is 11.6 Å². The largest absolute Gasteiger partial charge is 0.447 e. The van der Waals surface area contributed by atoms with E-state index in [2.05, 4.69) is 15.7 Å². The minimum Gasteiger partial charge on any atom is -0.447 e. The maximum atomic E-state index is 11.8. The number of hydrogen-bond donors (Lipinski definition) is 2. The fraction of sp³-hybridized carbons (Fsp3) is 0.278. The molecule has 138 valence electrons. The van der Waals surface area contributed by atoms with E-state index in [9.17, 15) is 9.59 Å². The highest BCUT2D eigenvalue weighted by Crippen LogP contribution is 2.14. The molecule has 1 heterocycles. The molecule has 0 fully saturated rings. The summed E-state index contributed by atoms with van der Waals surface area (Å²) in [5.41, 5.74) is 4.63. The molecule has 0 bridgehead atoms. The maximum Gasteiger partial charge on any atom is 0.412 e. The van der Waals surface area contributed by atoms with Gasteiger partial charge in [-0.2, -0.15) is 0 Å². The van der Waals surface area contributed by atoms with E-state index in [1.54, 1.807) is 18.2 Å². The van der Waals surface area contributed by atoms with Crippen LogP contribution in [0.3, 0.4) is 0 Å². The highest BCUT2D eigenvalue weighted by atomic mass is 35.5. The minimum atomic E-state index is -0.627. The van der Waals surface area contributed by atoms with Crippen molar-refractivity contribution in [3.05, 3.63) is 58.7 Å². The average molecular weight is 377 g/mol. The molecule has 1 aromatic carbocycles. The summed E-state index contributed by atoms with van der Waals surface area (Å²) >= 11 is 6.09. The molecule has 0 atom stereocenters. The lowest BCUT2D eigenvalue weighted by atomic mass is 10.2. The number of hydrazine groups is 1. The van der Waals surface area contributed by atoms with E-state index in [1.807, 2.05) is 31.2 Å². The number of carbonyl (C=O) groups is 2. The zero-order chi connectivity index (χ0) is 18.9. The molecule has 7 nitrogen and oxygen atoms in total. The van der Waals surface area contributed by atoms with Crippen molar-refractivity contribution < 1.29 is 14.3 Å². The van der Waals surface area contributed by atoms with E-state index < -0.39 is 6.09 Å². The van der Waals surface area contributed by atoms with E-state index in [-0.39, 0.29) is 19.1 Å². The van der Waals surface area contributed by atoms with Crippen molar-refractivity contribution in [1.29, 1.82) is 0 Å². The molecule has 0 saturated heterocycles. The average Bonchev–Trinajstić information content (AvgIpc) is 2.59. The molecule has 0 spiro atoms. The Kier molecular flexibility index (Phi) is 7.37. The Morgan fingerprint density at radius 2 is 1.96 bits per heavy atom. The summed E-state index contributed by atoms with van der Waals surface area (Å²) < 4.78 is 5.09. The zero-order valence-electron chi connectivity index (χ0n) is 14.7. The van der Waals surface area contributed by atoms with Crippen molar-refractivity contribution >= 4 is 29.4 Å². The first-order valence-electron chi connectivity index (χ1n) is 8.08. The number of nitrogens with one attached hydrogen (secondary N) is 2. The number of pyridine rings is 1. The Morgan fingerprint density at radius 1 is 1.19 bits per heavy atom. The van der Waals surface area contributed by atoms with Crippen molar-refractivity contribution in [1.82, 2.24) is 15.4 Å². The molecule has 0 radical (unpaired) electrons. The lowest BCUT2D eigenvalue weighted by Crippen LogP contribution is -2.43. The number of aryl methyl sites for hydroxylation is 1. The van der Waals surface area contributed by atoms with Gasteiger partial charge in [0, 0.05) is 24.2 Å². The predicted octanol–water partition coefficient (Wildman–Crippen LogP) is 3.15. The lowest BCUT2D eigenvalue weighted by Gasteiger charge is -2.22. The highest BCUT2D eigenvalue weighted by molar-refractivity contribution is 6.31. The quantitative estimate of drug-likeness (QED) is 0.725. The Hall–Kier alpha value is -2.64. The summed E-state index contributed by atoms with van der Waals surface area (Å²) in [7, 11) is 0. The summed E-state index contributed by atoms with van der Waals surface area (Å²) in [6, 6.07) is 12.6. The molecule has 0 aliphatic carbocycles. The molecule has 0 aliphatic heterocycles. The molecule has 0 aliphatic rings. The van der Waals surface area contributed by atoms with Crippen molar-refractivity contribution in [2.75, 3.05) is 18.5 Å². The SMILES string of the molecule is CC(=O)N(CCOC(=O)Nc1cccc(C)n1)NCc1ccccc1Cl. The molecule has 2 amide bonds. The van der Waals surface area contributed by atoms with Crippen molar-refractivity contribution in [3.63, 3.8) is 0 Å². The highest BCUT2D eigenvalue weighted by Gasteiger charge is 2.11. The van der Waals surface area contributed by atoms with Gasteiger partial charge in [-0.3, -0.25) is 15.1 Å². The van der Waals surface area contributed by atoms with E-state index in [0.717, 1.165) is 11.3 Å². The molecular formula is C18H21ClN4O3. The first kappa shape index (κ1) is 19.7. The molecule has 2 rings (SSSR count). The van der Waals surface area contributed by atoms with Gasteiger partial charge in [-0.25, -0.2) is 15.2 Å². The van der Waals surface area contributed by atoms with Crippen LogP contribution in [0.1, 0.15) is 18.2 Å². The van der Waals surface area contributed by atoms with E-state index in [0.29, 0.717) is 17.4 Å². The standard InChI is InChI=1S/C18H21ClN4O3/c1-13-6-5-9-17(21-13)22-18(25)26-11-10-23(14(2)24)20-12-15-7-3-4-8-16(15)19/h3-9,20H,10-12H2,1-2H3,(H,21,22,25). The summed E-state index contributed by atoms with van der Waals surface area (Å²) in [6.45, 7) is 3.88. The molecule has 26 heavy (non-hydrogen) atoms. The van der Waals surface area contributed by atoms with Crippen LogP contribution in [0.25, 0.3) is 0 Å². The molecule has 0 saturated carbocycles. The normalized spacial score (nSPS) is 10.3. The predicted molar refractivity (Wildman–Crippen MR) is 99.6 cm³/mol. The van der Waals surface area contributed by atoms with Crippen LogP contribution in [0.15, 0.2) is 42.5 Å². The van der Waals surface area contributed by atoms with Gasteiger partial charge >= 0.3 is 6.09 Å². The van der Waals surface area contributed by atoms with Gasteiger partial charge in [0.05, 0.1) is 6.54 Å². The van der Waals surface area contributed by atoms with E-state index in [4.69, 9.17) is 16.3 Å². The van der Waals surface area contributed by atoms with Crippen molar-refractivity contribution in [3.8, 4) is 0 Å². The number of hydrogen-bond acceptors (Lipinski definition) is 5. The number of amides is 2. The summed E-state index contributed by atoms with van der Waals surface area (Å²) in [5, 5.41) is 4.53. The van der Waals surface area contributed by atoms with E-state index >= 15 is 0 Å². The Bertz CT molecular complexity index is 770. The number of carbonyl (C=O) groups excluding carboxylic acids is 2. The van der Waals surface area contributed by atoms with Gasteiger partial charge in [0.2, 0.25) is 5.91 Å². The monoisotopic (exact) mass is 376 g/mol. The zero-order valence-corrected chi connectivity index (χ0v) is 15.4. The number of aromatic nitrogens is 1. The third kappa shape index (κ3) is 6.34. The second kappa shape index (κ2) is 9.74. The third-order valence-electron chi connectivity index (χ3n) is 3.46. The van der Waals surface area contributed by atoms with Gasteiger partial charge in [-0.15, -0.1) is 0 Å². The Morgan fingerprint density at radius 3 is 2.65 bits per heavy atom. The van der Waals surface area contributed by atoms with Gasteiger partial charge in [-0.1, -0.05) is 35.9 Å². The second-order valence-electron chi connectivity index (χ2n) is 5.52. The third-order valence-corrected chi connectivity index (χ3v) is 3.83. The van der Waals surface area contributed by atoms with Gasteiger partial charge in [-0.05, 0) is 30.7 Å². The molecular weight excluding hydrogens is 356 g/mol. The van der Waals surface area contributed by atoms with Crippen LogP contribution < -0.4 is 10.7 Å². The number of anilines is 1. The minimum absolute atomic E-state index is 0.0345. The molecule has 0 unspecified atom stereocenters. The lowest BCUT2D eigenvalue weighted by molar-refractivity contribution is -0.132. The van der Waals surface area contributed by atoms with Crippen LogP contribution in [0.2, 0.25) is 5.02 Å². The first-order valence-corrected chi connectivity index (χ1v) is 8.46. The summed E-state index contributed by atoms with van der Waals surface area (Å²) in [4.78, 5) is 27.7. The van der Waals surface area contributed by atoms with Crippen LogP contribution in [-0.2, 0) is 16.1 Å². The fourth-order valence-electron chi connectivity index (χ4n) is 2.15. The van der Waals surface area contributed by atoms with Gasteiger partial charge in [0.25, 0.3) is 0 Å². The number of benzene rings is 1. The summed E-state index contributed by atoms with van der Waals surface area (Å²) in [5.74, 6) is 0.219. The molecule has 1 aromatic heterocycles. The van der Waals surface area contributed by atoms with Crippen LogP contribution in [0.4, 0.5) is 10.6 Å². The van der Waals surface area contributed by atoms with Crippen LogP contribution in [0, 0.1) is 6.92 Å². The van der Waals surface area contributed by atoms with E-state index in [1.165, 1.54) is 11.9 Å². The fourth-order valence-corrected chi connectivity index (χ4v) is 2.36. The smallest absolute Gasteiger partial charge is 0.412 e. The van der Waals surface area contributed by atoms with Crippen molar-refractivity contribution in [2.45, 2.75) is 20.4 Å². The topological polar surface area (TPSA) is 83.6 Å². The number of nitrogens with zero attached hydrogens (tertiary/aromatic N) is 2. The van der Waals surface area contributed by atoms with Crippen LogP contribution in [-0.4, -0.2) is 35.1 Å². The Balaban J connectivity index is 1.78. The van der Waals surface area contributed by atoms with Crippen LogP contribution in [0.5, 0.6) is 0 Å². The number of ether oxygens (including phenoxy) is 1. The molecule has 2 aromatic rings. The van der Waals surface area contributed by atoms with Gasteiger partial charge in [0.1, 0.15) is 12.4 Å². The number of halogens is 1. The second-order valence-corrected chi connectivity index (χ2v) is 5.93. The molecule has 2 N–H and O–H groups in total. The first-order chi connectivity index (χ1) is 12.5. The Labute approximate surface area is 157 Å².